The van der Waals surface area contributed by atoms with Crippen LogP contribution in [0.5, 0.6) is 0 Å². The van der Waals surface area contributed by atoms with Gasteiger partial charge in [0.25, 0.3) is 0 Å². The largest absolute Gasteiger partial charge is 0.341 e. The van der Waals surface area contributed by atoms with Crippen LogP contribution in [0.4, 0.5) is 0 Å². The summed E-state index contributed by atoms with van der Waals surface area (Å²) in [7, 11) is 0. The van der Waals surface area contributed by atoms with E-state index in [4.69, 9.17) is 0 Å². The van der Waals surface area contributed by atoms with Gasteiger partial charge in [-0.05, 0) is 38.0 Å². The molecule has 27 heavy (non-hydrogen) atoms. The number of likely N-dealkylation sites (tertiary alicyclic amines) is 1. The van der Waals surface area contributed by atoms with E-state index in [0.29, 0.717) is 38.3 Å². The number of likely N-dealkylation sites (N-methyl/N-ethyl adjacent to an activating group) is 1. The lowest BCUT2D eigenvalue weighted by atomic mass is 9.85. The van der Waals surface area contributed by atoms with Crippen LogP contribution in [0.25, 0.3) is 0 Å². The molecule has 2 aliphatic rings. The van der Waals surface area contributed by atoms with Gasteiger partial charge in [-0.3, -0.25) is 19.3 Å². The Bertz CT molecular complexity index is 554. The molecular formula is C22H36N2O3. The number of carbonyl (C=O) groups excluding carboxylic acids is 3. The molecule has 1 heterocycles. The van der Waals surface area contributed by atoms with E-state index < -0.39 is 6.04 Å². The number of amides is 3. The van der Waals surface area contributed by atoms with Crippen molar-refractivity contribution >= 4 is 17.7 Å². The first-order valence-corrected chi connectivity index (χ1v) is 10.7. The Morgan fingerprint density at radius 3 is 2.00 bits per heavy atom. The number of imide groups is 1. The highest BCUT2D eigenvalue weighted by molar-refractivity contribution is 6.08. The first-order chi connectivity index (χ1) is 12.8. The number of allylic oxidation sites excluding steroid dienone is 2. The molecule has 0 aromatic carbocycles. The van der Waals surface area contributed by atoms with Crippen LogP contribution in [0.1, 0.15) is 66.7 Å². The van der Waals surface area contributed by atoms with E-state index in [-0.39, 0.29) is 35.5 Å². The summed E-state index contributed by atoms with van der Waals surface area (Å²) < 4.78 is 0. The van der Waals surface area contributed by atoms with Gasteiger partial charge in [-0.25, -0.2) is 0 Å². The molecule has 3 amide bonds. The highest BCUT2D eigenvalue weighted by atomic mass is 16.2. The summed E-state index contributed by atoms with van der Waals surface area (Å²) in [5.74, 6) is -0.235. The van der Waals surface area contributed by atoms with E-state index in [2.05, 4.69) is 13.8 Å². The maximum atomic E-state index is 13.4. The number of hydrogen-bond donors (Lipinski definition) is 0. The van der Waals surface area contributed by atoms with Crippen molar-refractivity contribution in [2.24, 2.45) is 23.7 Å². The molecule has 3 unspecified atom stereocenters. The predicted octanol–water partition coefficient (Wildman–Crippen LogP) is 3.64. The van der Waals surface area contributed by atoms with Crippen molar-refractivity contribution in [2.45, 2.75) is 72.8 Å². The molecule has 0 saturated carbocycles. The highest BCUT2D eigenvalue weighted by Crippen LogP contribution is 2.37. The molecule has 0 spiro atoms. The van der Waals surface area contributed by atoms with E-state index >= 15 is 0 Å². The van der Waals surface area contributed by atoms with Crippen LogP contribution in [0.2, 0.25) is 0 Å². The third kappa shape index (κ3) is 4.61. The third-order valence-electron chi connectivity index (χ3n) is 6.16. The van der Waals surface area contributed by atoms with Gasteiger partial charge in [0.1, 0.15) is 6.04 Å². The fourth-order valence-electron chi connectivity index (χ4n) is 4.34. The summed E-state index contributed by atoms with van der Waals surface area (Å²) in [6.45, 7) is 11.6. The molecule has 0 aromatic rings. The van der Waals surface area contributed by atoms with E-state index in [0.717, 1.165) is 12.8 Å². The zero-order chi connectivity index (χ0) is 20.1. The van der Waals surface area contributed by atoms with Crippen LogP contribution in [0.15, 0.2) is 12.2 Å². The molecule has 3 atom stereocenters. The van der Waals surface area contributed by atoms with Crippen molar-refractivity contribution in [3.05, 3.63) is 12.2 Å². The SMILES string of the molecule is CCC(CC)CN(CC)C(=O)C(CC(C)C)N1C(=O)C2CC=CCC2C1=O. The number of nitrogens with zero attached hydrogens (tertiary/aromatic N) is 2. The van der Waals surface area contributed by atoms with Crippen molar-refractivity contribution in [2.75, 3.05) is 13.1 Å². The van der Waals surface area contributed by atoms with Crippen LogP contribution in [-0.2, 0) is 14.4 Å². The first kappa shape index (κ1) is 21.6. The Morgan fingerprint density at radius 2 is 1.59 bits per heavy atom. The maximum absolute atomic E-state index is 13.4. The zero-order valence-corrected chi connectivity index (χ0v) is 17.6. The van der Waals surface area contributed by atoms with Crippen LogP contribution in [0, 0.1) is 23.7 Å². The van der Waals surface area contributed by atoms with Crippen LogP contribution >= 0.6 is 0 Å². The Morgan fingerprint density at radius 1 is 1.07 bits per heavy atom. The van der Waals surface area contributed by atoms with Gasteiger partial charge >= 0.3 is 0 Å². The van der Waals surface area contributed by atoms with E-state index in [1.807, 2.05) is 37.8 Å². The molecule has 0 bridgehead atoms. The zero-order valence-electron chi connectivity index (χ0n) is 17.6. The Kier molecular flexibility index (Phi) is 7.63. The minimum absolute atomic E-state index is 0.0635. The Balaban J connectivity index is 2.27. The fourth-order valence-corrected chi connectivity index (χ4v) is 4.34. The van der Waals surface area contributed by atoms with E-state index in [1.54, 1.807) is 0 Å². The van der Waals surface area contributed by atoms with Crippen molar-refractivity contribution in [1.82, 2.24) is 9.80 Å². The standard InChI is InChI=1S/C22H36N2O3/c1-6-16(7-2)14-23(8-3)22(27)19(13-15(4)5)24-20(25)17-11-9-10-12-18(17)21(24)26/h9-10,15-19H,6-8,11-14H2,1-5H3. The lowest BCUT2D eigenvalue weighted by Gasteiger charge is -2.33. The second kappa shape index (κ2) is 9.52. The second-order valence-corrected chi connectivity index (χ2v) is 8.41. The van der Waals surface area contributed by atoms with Gasteiger partial charge in [0.05, 0.1) is 11.8 Å². The van der Waals surface area contributed by atoms with Crippen molar-refractivity contribution in [1.29, 1.82) is 0 Å². The Labute approximate surface area is 164 Å². The normalized spacial score (nSPS) is 23.3. The second-order valence-electron chi connectivity index (χ2n) is 8.41. The summed E-state index contributed by atoms with van der Waals surface area (Å²) >= 11 is 0. The number of hydrogen-bond acceptors (Lipinski definition) is 3. The van der Waals surface area contributed by atoms with Gasteiger partial charge in [0.2, 0.25) is 17.7 Å². The number of rotatable bonds is 9. The molecule has 5 nitrogen and oxygen atoms in total. The van der Waals surface area contributed by atoms with Crippen molar-refractivity contribution in [3.8, 4) is 0 Å². The van der Waals surface area contributed by atoms with Gasteiger partial charge in [-0.1, -0.05) is 52.7 Å². The minimum atomic E-state index is -0.662. The lowest BCUT2D eigenvalue weighted by molar-refractivity contribution is -0.152. The van der Waals surface area contributed by atoms with Crippen molar-refractivity contribution < 1.29 is 14.4 Å². The summed E-state index contributed by atoms with van der Waals surface area (Å²) in [6.07, 6.45) is 7.77. The van der Waals surface area contributed by atoms with Gasteiger partial charge in [-0.2, -0.15) is 0 Å². The number of carbonyl (C=O) groups is 3. The first-order valence-electron chi connectivity index (χ1n) is 10.7. The molecule has 5 heteroatoms. The molecule has 0 radical (unpaired) electrons. The smallest absolute Gasteiger partial charge is 0.245 e. The summed E-state index contributed by atoms with van der Waals surface area (Å²) in [4.78, 5) is 42.7. The van der Waals surface area contributed by atoms with Crippen LogP contribution in [0.3, 0.4) is 0 Å². The predicted molar refractivity (Wildman–Crippen MR) is 107 cm³/mol. The van der Waals surface area contributed by atoms with Gasteiger partial charge in [0, 0.05) is 13.1 Å². The van der Waals surface area contributed by atoms with Crippen molar-refractivity contribution in [3.63, 3.8) is 0 Å². The van der Waals surface area contributed by atoms with Gasteiger partial charge in [-0.15, -0.1) is 0 Å². The summed E-state index contributed by atoms with van der Waals surface area (Å²) in [5.41, 5.74) is 0. The topological polar surface area (TPSA) is 57.7 Å². The third-order valence-corrected chi connectivity index (χ3v) is 6.16. The van der Waals surface area contributed by atoms with E-state index in [1.165, 1.54) is 4.90 Å². The monoisotopic (exact) mass is 376 g/mol. The average molecular weight is 377 g/mol. The molecule has 2 rings (SSSR count). The van der Waals surface area contributed by atoms with E-state index in [9.17, 15) is 14.4 Å². The molecule has 152 valence electrons. The fraction of sp³-hybridized carbons (Fsp3) is 0.773. The van der Waals surface area contributed by atoms with Gasteiger partial charge in [0.15, 0.2) is 0 Å². The summed E-state index contributed by atoms with van der Waals surface area (Å²) in [5, 5.41) is 0. The molecule has 1 saturated heterocycles. The van der Waals surface area contributed by atoms with Gasteiger partial charge < -0.3 is 4.90 Å². The molecule has 0 N–H and O–H groups in total. The molecule has 0 aromatic heterocycles. The maximum Gasteiger partial charge on any atom is 0.245 e. The number of fused-ring (bicyclic) bond motifs is 1. The van der Waals surface area contributed by atoms with Crippen LogP contribution < -0.4 is 0 Å². The highest BCUT2D eigenvalue weighted by Gasteiger charge is 2.51. The molecular weight excluding hydrogens is 340 g/mol. The average Bonchev–Trinajstić information content (AvgIpc) is 2.91. The molecule has 1 aliphatic carbocycles. The quantitative estimate of drug-likeness (QED) is 0.456. The molecule has 1 aliphatic heterocycles. The minimum Gasteiger partial charge on any atom is -0.341 e. The molecule has 1 fully saturated rings. The Hall–Kier alpha value is -1.65. The lowest BCUT2D eigenvalue weighted by Crippen LogP contribution is -2.52. The summed E-state index contributed by atoms with van der Waals surface area (Å²) in [6, 6.07) is -0.662. The van der Waals surface area contributed by atoms with Crippen LogP contribution in [-0.4, -0.2) is 46.7 Å².